The normalized spacial score (nSPS) is 12.5. The van der Waals surface area contributed by atoms with Gasteiger partial charge < -0.3 is 30.6 Å². The molecule has 154 valence electrons. The van der Waals surface area contributed by atoms with Crippen molar-refractivity contribution in [1.29, 1.82) is 0 Å². The lowest BCUT2D eigenvalue weighted by molar-refractivity contribution is -0.122. The fourth-order valence-electron chi connectivity index (χ4n) is 1.98. The second kappa shape index (κ2) is 14.8. The van der Waals surface area contributed by atoms with Gasteiger partial charge in [-0.1, -0.05) is 26.2 Å². The van der Waals surface area contributed by atoms with Crippen molar-refractivity contribution in [2.75, 3.05) is 39.5 Å². The van der Waals surface area contributed by atoms with E-state index in [0.29, 0.717) is 45.9 Å². The van der Waals surface area contributed by atoms with E-state index >= 15 is 0 Å². The Morgan fingerprint density at radius 3 is 2.08 bits per heavy atom. The van der Waals surface area contributed by atoms with E-state index in [1.807, 2.05) is 20.8 Å². The maximum absolute atomic E-state index is 11.7. The zero-order valence-corrected chi connectivity index (χ0v) is 16.8. The Hall–Kier alpha value is -1.38. The molecule has 0 saturated carbocycles. The summed E-state index contributed by atoms with van der Waals surface area (Å²) in [4.78, 5) is 23.1. The average molecular weight is 376 g/mol. The minimum absolute atomic E-state index is 0.130. The van der Waals surface area contributed by atoms with Crippen molar-refractivity contribution in [2.45, 2.75) is 65.0 Å². The predicted molar refractivity (Wildman–Crippen MR) is 101 cm³/mol. The van der Waals surface area contributed by atoms with E-state index in [1.54, 1.807) is 0 Å². The monoisotopic (exact) mass is 375 g/mol. The quantitative estimate of drug-likeness (QED) is 0.397. The summed E-state index contributed by atoms with van der Waals surface area (Å²) in [6.07, 6.45) is 3.44. The highest BCUT2D eigenvalue weighted by molar-refractivity contribution is 5.81. The van der Waals surface area contributed by atoms with Crippen molar-refractivity contribution in [3.05, 3.63) is 0 Å². The summed E-state index contributed by atoms with van der Waals surface area (Å²) in [7, 11) is 0. The number of carbonyl (C=O) groups is 2. The molecular formula is C18H37N3O5. The molecule has 0 radical (unpaired) electrons. The lowest BCUT2D eigenvalue weighted by atomic mass is 10.1. The van der Waals surface area contributed by atoms with Gasteiger partial charge in [0.2, 0.25) is 5.91 Å². The Morgan fingerprint density at radius 2 is 1.54 bits per heavy atom. The second-order valence-corrected chi connectivity index (χ2v) is 7.05. The summed E-state index contributed by atoms with van der Waals surface area (Å²) in [5.41, 5.74) is 5.30. The van der Waals surface area contributed by atoms with Crippen LogP contribution in [0.4, 0.5) is 4.79 Å². The molecule has 0 aromatic heterocycles. The van der Waals surface area contributed by atoms with Crippen LogP contribution in [0.1, 0.15) is 53.4 Å². The highest BCUT2D eigenvalue weighted by Crippen LogP contribution is 2.06. The van der Waals surface area contributed by atoms with Crippen LogP contribution in [-0.4, -0.2) is 63.2 Å². The third-order valence-corrected chi connectivity index (χ3v) is 3.29. The van der Waals surface area contributed by atoms with E-state index in [1.165, 1.54) is 0 Å². The van der Waals surface area contributed by atoms with Crippen LogP contribution in [0.5, 0.6) is 0 Å². The van der Waals surface area contributed by atoms with Gasteiger partial charge in [0.25, 0.3) is 0 Å². The molecule has 0 aliphatic heterocycles. The van der Waals surface area contributed by atoms with Crippen LogP contribution in [0.15, 0.2) is 0 Å². The maximum Gasteiger partial charge on any atom is 0.407 e. The first-order chi connectivity index (χ1) is 12.3. The summed E-state index contributed by atoms with van der Waals surface area (Å²) >= 11 is 0. The van der Waals surface area contributed by atoms with Crippen molar-refractivity contribution < 1.29 is 23.8 Å². The number of nitrogens with two attached hydrogens (primary N) is 1. The van der Waals surface area contributed by atoms with Crippen LogP contribution in [0.25, 0.3) is 0 Å². The van der Waals surface area contributed by atoms with Gasteiger partial charge in [0.05, 0.1) is 32.5 Å². The molecule has 1 atom stereocenters. The Bertz CT molecular complexity index is 386. The number of nitrogens with one attached hydrogen (secondary N) is 2. The summed E-state index contributed by atoms with van der Waals surface area (Å²) in [6.45, 7) is 9.98. The van der Waals surface area contributed by atoms with Crippen LogP contribution in [0.3, 0.4) is 0 Å². The third-order valence-electron chi connectivity index (χ3n) is 3.29. The first kappa shape index (κ1) is 24.6. The van der Waals surface area contributed by atoms with E-state index < -0.39 is 17.7 Å². The van der Waals surface area contributed by atoms with Gasteiger partial charge in [-0.05, 0) is 27.2 Å². The van der Waals surface area contributed by atoms with Crippen molar-refractivity contribution in [3.63, 3.8) is 0 Å². The molecule has 4 N–H and O–H groups in total. The molecule has 0 aromatic carbocycles. The highest BCUT2D eigenvalue weighted by atomic mass is 16.6. The molecule has 0 aliphatic rings. The van der Waals surface area contributed by atoms with Crippen LogP contribution in [-0.2, 0) is 19.0 Å². The fourth-order valence-corrected chi connectivity index (χ4v) is 1.98. The molecule has 8 nitrogen and oxygen atoms in total. The summed E-state index contributed by atoms with van der Waals surface area (Å²) in [6, 6.07) is -0.442. The summed E-state index contributed by atoms with van der Waals surface area (Å²) < 4.78 is 15.8. The minimum atomic E-state index is -0.506. The fraction of sp³-hybridized carbons (Fsp3) is 0.889. The minimum Gasteiger partial charge on any atom is -0.444 e. The van der Waals surface area contributed by atoms with Crippen molar-refractivity contribution in [2.24, 2.45) is 5.73 Å². The van der Waals surface area contributed by atoms with Gasteiger partial charge in [-0.25, -0.2) is 4.79 Å². The molecule has 0 fully saturated rings. The molecule has 0 spiro atoms. The molecule has 0 saturated heterocycles. The Balaban J connectivity index is 3.41. The number of alkyl carbamates (subject to hydrolysis) is 1. The number of hydrogen-bond acceptors (Lipinski definition) is 6. The van der Waals surface area contributed by atoms with Gasteiger partial charge in [-0.2, -0.15) is 0 Å². The van der Waals surface area contributed by atoms with Crippen LogP contribution >= 0.6 is 0 Å². The highest BCUT2D eigenvalue weighted by Gasteiger charge is 2.15. The first-order valence-electron chi connectivity index (χ1n) is 9.42. The lowest BCUT2D eigenvalue weighted by Gasteiger charge is -2.19. The molecule has 0 heterocycles. The van der Waals surface area contributed by atoms with E-state index in [2.05, 4.69) is 17.6 Å². The largest absolute Gasteiger partial charge is 0.444 e. The van der Waals surface area contributed by atoms with Crippen molar-refractivity contribution >= 4 is 12.0 Å². The molecule has 26 heavy (non-hydrogen) atoms. The van der Waals surface area contributed by atoms with Crippen LogP contribution in [0.2, 0.25) is 0 Å². The standard InChI is InChI=1S/C18H37N3O5/c1-5-6-7-8-15(19)16(22)20-9-11-24-13-14-25-12-10-21-17(23)26-18(2,3)4/h15H,5-14,19H2,1-4H3,(H,20,22)(H,21,23). The molecule has 2 amide bonds. The summed E-state index contributed by atoms with van der Waals surface area (Å²) in [5.74, 6) is -0.130. The Kier molecular flexibility index (Phi) is 14.0. The van der Waals surface area contributed by atoms with Gasteiger partial charge in [-0.15, -0.1) is 0 Å². The second-order valence-electron chi connectivity index (χ2n) is 7.05. The molecule has 0 rings (SSSR count). The van der Waals surface area contributed by atoms with Gasteiger partial charge in [0, 0.05) is 13.1 Å². The van der Waals surface area contributed by atoms with Gasteiger partial charge in [0.15, 0.2) is 0 Å². The molecular weight excluding hydrogens is 338 g/mol. The first-order valence-corrected chi connectivity index (χ1v) is 9.42. The smallest absolute Gasteiger partial charge is 0.407 e. The predicted octanol–water partition coefficient (Wildman–Crippen LogP) is 1.57. The number of hydrogen-bond donors (Lipinski definition) is 3. The van der Waals surface area contributed by atoms with Gasteiger partial charge in [-0.3, -0.25) is 4.79 Å². The molecule has 0 bridgehead atoms. The summed E-state index contributed by atoms with van der Waals surface area (Å²) in [5, 5.41) is 5.37. The van der Waals surface area contributed by atoms with E-state index in [4.69, 9.17) is 19.9 Å². The zero-order chi connectivity index (χ0) is 19.8. The number of carbonyl (C=O) groups excluding carboxylic acids is 2. The topological polar surface area (TPSA) is 112 Å². The molecule has 1 unspecified atom stereocenters. The van der Waals surface area contributed by atoms with E-state index in [-0.39, 0.29) is 5.91 Å². The van der Waals surface area contributed by atoms with E-state index in [9.17, 15) is 9.59 Å². The van der Waals surface area contributed by atoms with Crippen LogP contribution in [0, 0.1) is 0 Å². The van der Waals surface area contributed by atoms with Gasteiger partial charge in [0.1, 0.15) is 5.60 Å². The van der Waals surface area contributed by atoms with Crippen molar-refractivity contribution in [1.82, 2.24) is 10.6 Å². The number of ether oxygens (including phenoxy) is 3. The lowest BCUT2D eigenvalue weighted by Crippen LogP contribution is -2.41. The number of rotatable bonds is 14. The maximum atomic E-state index is 11.7. The number of amides is 2. The molecule has 8 heteroatoms. The number of unbranched alkanes of at least 4 members (excludes halogenated alkanes) is 2. The SMILES string of the molecule is CCCCCC(N)C(=O)NCCOCCOCCNC(=O)OC(C)(C)C. The van der Waals surface area contributed by atoms with Crippen molar-refractivity contribution in [3.8, 4) is 0 Å². The average Bonchev–Trinajstić information content (AvgIpc) is 2.54. The molecule has 0 aromatic rings. The Morgan fingerprint density at radius 1 is 0.962 bits per heavy atom. The molecule has 0 aliphatic carbocycles. The van der Waals surface area contributed by atoms with Gasteiger partial charge >= 0.3 is 6.09 Å². The third kappa shape index (κ3) is 16.1. The zero-order valence-electron chi connectivity index (χ0n) is 16.8. The Labute approximate surface area is 157 Å². The van der Waals surface area contributed by atoms with E-state index in [0.717, 1.165) is 19.3 Å². The van der Waals surface area contributed by atoms with Crippen LogP contribution < -0.4 is 16.4 Å².